The second-order valence-corrected chi connectivity index (χ2v) is 19.2. The molecule has 0 aliphatic carbocycles. The summed E-state index contributed by atoms with van der Waals surface area (Å²) in [6, 6.07) is 0. The molecule has 392 valence electrons. The first kappa shape index (κ1) is 64.8. The molecule has 0 aromatic heterocycles. The number of carbonyl (C=O) groups is 3. The fourth-order valence-electron chi connectivity index (χ4n) is 8.11. The van der Waals surface area contributed by atoms with Gasteiger partial charge in [-0.2, -0.15) is 0 Å². The lowest BCUT2D eigenvalue weighted by atomic mass is 10.1. The minimum absolute atomic E-state index is 0.0775. The predicted octanol–water partition coefficient (Wildman–Crippen LogP) is 19.4. The van der Waals surface area contributed by atoms with Crippen LogP contribution in [0.15, 0.2) is 72.9 Å². The zero-order valence-electron chi connectivity index (χ0n) is 44.9. The Kier molecular flexibility index (Phi) is 53.8. The average molecular weight is 950 g/mol. The molecule has 0 rings (SSSR count). The van der Waals surface area contributed by atoms with Crippen LogP contribution in [-0.4, -0.2) is 37.2 Å². The minimum atomic E-state index is -0.779. The van der Waals surface area contributed by atoms with Gasteiger partial charge < -0.3 is 14.2 Å². The Morgan fingerprint density at radius 3 is 0.926 bits per heavy atom. The summed E-state index contributed by atoms with van der Waals surface area (Å²) in [5.74, 6) is -0.883. The molecule has 0 fully saturated rings. The van der Waals surface area contributed by atoms with E-state index in [2.05, 4.69) is 93.7 Å². The molecule has 0 aromatic carbocycles. The Morgan fingerprint density at radius 1 is 0.309 bits per heavy atom. The number of ether oxygens (including phenoxy) is 3. The molecule has 0 heterocycles. The lowest BCUT2D eigenvalue weighted by Gasteiger charge is -2.18. The maximum absolute atomic E-state index is 12.8. The van der Waals surface area contributed by atoms with Crippen molar-refractivity contribution in [2.24, 2.45) is 0 Å². The van der Waals surface area contributed by atoms with Crippen molar-refractivity contribution in [1.29, 1.82) is 0 Å². The van der Waals surface area contributed by atoms with Gasteiger partial charge in [-0.05, 0) is 89.9 Å². The second-order valence-electron chi connectivity index (χ2n) is 19.2. The zero-order valence-corrected chi connectivity index (χ0v) is 44.9. The van der Waals surface area contributed by atoms with Crippen molar-refractivity contribution in [2.45, 2.75) is 290 Å². The third-order valence-corrected chi connectivity index (χ3v) is 12.4. The van der Waals surface area contributed by atoms with E-state index in [-0.39, 0.29) is 31.1 Å². The number of unbranched alkanes of at least 4 members (excludes halogenated alkanes) is 29. The Morgan fingerprint density at radius 2 is 0.574 bits per heavy atom. The van der Waals surface area contributed by atoms with Gasteiger partial charge in [0.1, 0.15) is 13.2 Å². The van der Waals surface area contributed by atoms with Crippen LogP contribution in [0.1, 0.15) is 284 Å². The van der Waals surface area contributed by atoms with Crippen LogP contribution in [0.25, 0.3) is 0 Å². The van der Waals surface area contributed by atoms with E-state index in [4.69, 9.17) is 14.2 Å². The lowest BCUT2D eigenvalue weighted by molar-refractivity contribution is -0.167. The van der Waals surface area contributed by atoms with Gasteiger partial charge in [-0.25, -0.2) is 0 Å². The first-order valence-electron chi connectivity index (χ1n) is 28.9. The van der Waals surface area contributed by atoms with Crippen LogP contribution in [0.4, 0.5) is 0 Å². The van der Waals surface area contributed by atoms with Gasteiger partial charge in [0.15, 0.2) is 6.10 Å². The van der Waals surface area contributed by atoms with E-state index in [1.165, 1.54) is 148 Å². The highest BCUT2D eigenvalue weighted by Crippen LogP contribution is 2.16. The van der Waals surface area contributed by atoms with Crippen LogP contribution in [0.5, 0.6) is 0 Å². The summed E-state index contributed by atoms with van der Waals surface area (Å²) in [5.41, 5.74) is 0. The molecule has 68 heavy (non-hydrogen) atoms. The Balaban J connectivity index is 4.29. The molecular weight excluding hydrogens is 841 g/mol. The van der Waals surface area contributed by atoms with Gasteiger partial charge in [-0.1, -0.05) is 248 Å². The molecular formula is C62H108O6. The van der Waals surface area contributed by atoms with Crippen LogP contribution in [0.3, 0.4) is 0 Å². The molecule has 0 radical (unpaired) electrons. The highest BCUT2D eigenvalue weighted by Gasteiger charge is 2.19. The molecule has 0 amide bonds. The number of esters is 3. The Labute approximate surface area is 421 Å². The highest BCUT2D eigenvalue weighted by molar-refractivity contribution is 5.71. The van der Waals surface area contributed by atoms with Crippen molar-refractivity contribution in [3.8, 4) is 0 Å². The molecule has 0 bridgehead atoms. The number of rotatable bonds is 52. The molecule has 0 aliphatic rings. The number of carbonyl (C=O) groups excluding carboxylic acids is 3. The Hall–Kier alpha value is -3.15. The number of hydrogen-bond donors (Lipinski definition) is 0. The predicted molar refractivity (Wildman–Crippen MR) is 293 cm³/mol. The zero-order chi connectivity index (χ0) is 49.3. The minimum Gasteiger partial charge on any atom is -0.462 e. The summed E-state index contributed by atoms with van der Waals surface area (Å²) >= 11 is 0. The van der Waals surface area contributed by atoms with Crippen molar-refractivity contribution in [2.75, 3.05) is 13.2 Å². The summed E-state index contributed by atoms with van der Waals surface area (Å²) in [6.45, 7) is 6.50. The summed E-state index contributed by atoms with van der Waals surface area (Å²) in [7, 11) is 0. The number of allylic oxidation sites excluding steroid dienone is 12. The molecule has 0 saturated carbocycles. The van der Waals surface area contributed by atoms with Crippen LogP contribution in [0, 0.1) is 0 Å². The highest BCUT2D eigenvalue weighted by atomic mass is 16.6. The van der Waals surface area contributed by atoms with Crippen molar-refractivity contribution >= 4 is 17.9 Å². The van der Waals surface area contributed by atoms with Crippen molar-refractivity contribution in [1.82, 2.24) is 0 Å². The second kappa shape index (κ2) is 56.4. The van der Waals surface area contributed by atoms with E-state index < -0.39 is 6.10 Å². The van der Waals surface area contributed by atoms with Crippen LogP contribution < -0.4 is 0 Å². The maximum atomic E-state index is 12.8. The molecule has 1 unspecified atom stereocenters. The summed E-state index contributed by atoms with van der Waals surface area (Å²) in [5, 5.41) is 0. The van der Waals surface area contributed by atoms with Gasteiger partial charge >= 0.3 is 17.9 Å². The van der Waals surface area contributed by atoms with Gasteiger partial charge in [0.2, 0.25) is 0 Å². The lowest BCUT2D eigenvalue weighted by Crippen LogP contribution is -2.30. The fraction of sp³-hybridized carbons (Fsp3) is 0.758. The number of hydrogen-bond acceptors (Lipinski definition) is 6. The SMILES string of the molecule is CC/C=C\C/C=C\C/C=C\C/C=C\CCCCCCCCCCCCC(=O)OCC(COC(=O)CCCCCCCCCCCC)OC(=O)CCCCCCCCC/C=C\C/C=C\CCCCC. The largest absolute Gasteiger partial charge is 0.462 e. The van der Waals surface area contributed by atoms with E-state index in [0.29, 0.717) is 19.3 Å². The summed E-state index contributed by atoms with van der Waals surface area (Å²) in [6.07, 6.45) is 71.8. The molecule has 6 heteroatoms. The third kappa shape index (κ3) is 53.8. The van der Waals surface area contributed by atoms with Gasteiger partial charge in [0.05, 0.1) is 0 Å². The van der Waals surface area contributed by atoms with E-state index in [1.54, 1.807) is 0 Å². The topological polar surface area (TPSA) is 78.9 Å². The normalized spacial score (nSPS) is 12.6. The maximum Gasteiger partial charge on any atom is 0.306 e. The average Bonchev–Trinajstić information content (AvgIpc) is 3.34. The van der Waals surface area contributed by atoms with E-state index in [9.17, 15) is 14.4 Å². The molecule has 0 aromatic rings. The molecule has 6 nitrogen and oxygen atoms in total. The molecule has 1 atom stereocenters. The van der Waals surface area contributed by atoms with Crippen LogP contribution in [-0.2, 0) is 28.6 Å². The van der Waals surface area contributed by atoms with Crippen LogP contribution in [0.2, 0.25) is 0 Å². The van der Waals surface area contributed by atoms with Crippen molar-refractivity contribution < 1.29 is 28.6 Å². The molecule has 0 spiro atoms. The van der Waals surface area contributed by atoms with Gasteiger partial charge in [0.25, 0.3) is 0 Å². The monoisotopic (exact) mass is 949 g/mol. The van der Waals surface area contributed by atoms with Crippen molar-refractivity contribution in [3.63, 3.8) is 0 Å². The molecule has 0 N–H and O–H groups in total. The van der Waals surface area contributed by atoms with Gasteiger partial charge in [0, 0.05) is 19.3 Å². The smallest absolute Gasteiger partial charge is 0.306 e. The molecule has 0 aliphatic heterocycles. The summed E-state index contributed by atoms with van der Waals surface area (Å²) < 4.78 is 16.8. The van der Waals surface area contributed by atoms with E-state index >= 15 is 0 Å². The molecule has 0 saturated heterocycles. The van der Waals surface area contributed by atoms with Gasteiger partial charge in [-0.15, -0.1) is 0 Å². The first-order valence-corrected chi connectivity index (χ1v) is 28.9. The standard InChI is InChI=1S/C62H108O6/c1-4-7-10-13-16-19-22-24-26-28-29-30-31-32-33-35-36-38-40-43-46-49-52-55-61(64)67-58-59(57-66-60(63)54-51-48-45-42-21-18-15-12-9-6-3)68-62(65)56-53-50-47-44-41-39-37-34-27-25-23-20-17-14-11-8-5-2/h7,10,16-17,19-20,24-27,29-30,59H,4-6,8-9,11-15,18,21-23,28,31-58H2,1-3H3/b10-7-,19-16-,20-17-,26-24-,27-25-,30-29-. The Bertz CT molecular complexity index is 1270. The van der Waals surface area contributed by atoms with E-state index in [1.807, 2.05) is 0 Å². The fourth-order valence-corrected chi connectivity index (χ4v) is 8.11. The van der Waals surface area contributed by atoms with E-state index in [0.717, 1.165) is 96.3 Å². The third-order valence-electron chi connectivity index (χ3n) is 12.4. The van der Waals surface area contributed by atoms with Gasteiger partial charge in [-0.3, -0.25) is 14.4 Å². The first-order chi connectivity index (χ1) is 33.5. The quantitative estimate of drug-likeness (QED) is 0.0262. The van der Waals surface area contributed by atoms with Crippen LogP contribution >= 0.6 is 0 Å². The summed E-state index contributed by atoms with van der Waals surface area (Å²) in [4.78, 5) is 38.1. The van der Waals surface area contributed by atoms with Crippen molar-refractivity contribution in [3.05, 3.63) is 72.9 Å².